The van der Waals surface area contributed by atoms with Crippen LogP contribution in [0.2, 0.25) is 5.02 Å². The first-order valence-electron chi connectivity index (χ1n) is 7.38. The van der Waals surface area contributed by atoms with Gasteiger partial charge in [0, 0.05) is 22.3 Å². The summed E-state index contributed by atoms with van der Waals surface area (Å²) < 4.78 is 71.0. The Balaban J connectivity index is 2.00. The van der Waals surface area contributed by atoms with Crippen molar-refractivity contribution in [3.63, 3.8) is 0 Å². The molecule has 0 bridgehead atoms. The Kier molecular flexibility index (Phi) is 4.93. The molecule has 1 aromatic heterocycles. The zero-order valence-electron chi connectivity index (χ0n) is 13.2. The van der Waals surface area contributed by atoms with Gasteiger partial charge in [0.05, 0.1) is 5.56 Å². The highest BCUT2D eigenvalue weighted by molar-refractivity contribution is 6.30. The van der Waals surface area contributed by atoms with Crippen LogP contribution in [0.1, 0.15) is 16.1 Å². The quantitative estimate of drug-likeness (QED) is 0.535. The molecule has 9 heteroatoms. The second kappa shape index (κ2) is 7.03. The average molecular weight is 402 g/mol. The third-order valence-electron chi connectivity index (χ3n) is 3.48. The van der Waals surface area contributed by atoms with E-state index in [0.29, 0.717) is 11.1 Å². The first-order chi connectivity index (χ1) is 12.6. The summed E-state index contributed by atoms with van der Waals surface area (Å²) in [5.41, 5.74) is -0.891. The van der Waals surface area contributed by atoms with Crippen LogP contribution in [0.5, 0.6) is 0 Å². The Bertz CT molecular complexity index is 976. The molecular weight excluding hydrogens is 393 g/mol. The maximum absolute atomic E-state index is 13.3. The maximum Gasteiger partial charge on any atom is 0.450 e. The standard InChI is InChI=1S/C18H9ClF5NO2/c19-10-3-1-9(2-4-10)15-8-14(16(27-15)18(22,23)24)17(26)25-13-6-11(20)5-12(21)7-13/h1-8H,(H,25,26). The van der Waals surface area contributed by atoms with Crippen molar-refractivity contribution < 1.29 is 31.2 Å². The highest BCUT2D eigenvalue weighted by atomic mass is 35.5. The fraction of sp³-hybridized carbons (Fsp3) is 0.0556. The van der Waals surface area contributed by atoms with Crippen LogP contribution < -0.4 is 5.32 Å². The van der Waals surface area contributed by atoms with E-state index in [1.54, 1.807) is 0 Å². The molecule has 1 N–H and O–H groups in total. The van der Waals surface area contributed by atoms with E-state index in [2.05, 4.69) is 0 Å². The second-order valence-corrected chi connectivity index (χ2v) is 5.91. The fourth-order valence-electron chi connectivity index (χ4n) is 2.35. The highest BCUT2D eigenvalue weighted by Crippen LogP contribution is 2.37. The van der Waals surface area contributed by atoms with E-state index in [9.17, 15) is 26.7 Å². The van der Waals surface area contributed by atoms with E-state index in [1.807, 2.05) is 5.32 Å². The topological polar surface area (TPSA) is 42.2 Å². The first kappa shape index (κ1) is 18.9. The second-order valence-electron chi connectivity index (χ2n) is 5.47. The van der Waals surface area contributed by atoms with Crippen molar-refractivity contribution in [2.75, 3.05) is 5.32 Å². The number of hydrogen-bond donors (Lipinski definition) is 1. The van der Waals surface area contributed by atoms with Gasteiger partial charge in [0.1, 0.15) is 17.4 Å². The fourth-order valence-corrected chi connectivity index (χ4v) is 2.48. The Hall–Kier alpha value is -2.87. The maximum atomic E-state index is 13.3. The smallest absolute Gasteiger partial charge is 0.450 e. The number of rotatable bonds is 3. The van der Waals surface area contributed by atoms with Crippen LogP contribution in [-0.2, 0) is 6.18 Å². The van der Waals surface area contributed by atoms with Crippen molar-refractivity contribution in [2.24, 2.45) is 0 Å². The molecule has 0 fully saturated rings. The molecule has 3 rings (SSSR count). The number of anilines is 1. The van der Waals surface area contributed by atoms with Crippen molar-refractivity contribution in [1.29, 1.82) is 0 Å². The van der Waals surface area contributed by atoms with Gasteiger partial charge in [-0.25, -0.2) is 8.78 Å². The third kappa shape index (κ3) is 4.28. The predicted octanol–water partition coefficient (Wildman–Crippen LogP) is 6.15. The first-order valence-corrected chi connectivity index (χ1v) is 7.75. The van der Waals surface area contributed by atoms with Crippen molar-refractivity contribution in [2.45, 2.75) is 6.18 Å². The van der Waals surface area contributed by atoms with Gasteiger partial charge < -0.3 is 9.73 Å². The van der Waals surface area contributed by atoms with Crippen molar-refractivity contribution in [1.82, 2.24) is 0 Å². The number of benzene rings is 2. The molecule has 0 radical (unpaired) electrons. The predicted molar refractivity (Wildman–Crippen MR) is 88.5 cm³/mol. The number of alkyl halides is 3. The summed E-state index contributed by atoms with van der Waals surface area (Å²) in [6.07, 6.45) is -4.95. The summed E-state index contributed by atoms with van der Waals surface area (Å²) in [6, 6.07) is 8.74. The van der Waals surface area contributed by atoms with Crippen LogP contribution in [0.25, 0.3) is 11.3 Å². The molecule has 0 spiro atoms. The largest absolute Gasteiger partial charge is 0.451 e. The molecule has 0 aliphatic carbocycles. The van der Waals surface area contributed by atoms with Crippen LogP contribution in [0, 0.1) is 11.6 Å². The minimum Gasteiger partial charge on any atom is -0.451 e. The summed E-state index contributed by atoms with van der Waals surface area (Å²) in [4.78, 5) is 12.3. The lowest BCUT2D eigenvalue weighted by atomic mass is 10.1. The number of carbonyl (C=O) groups is 1. The summed E-state index contributed by atoms with van der Waals surface area (Å²) in [6.45, 7) is 0. The van der Waals surface area contributed by atoms with E-state index in [0.717, 1.165) is 18.2 Å². The van der Waals surface area contributed by atoms with Gasteiger partial charge in [-0.3, -0.25) is 4.79 Å². The Morgan fingerprint density at radius 3 is 2.11 bits per heavy atom. The SMILES string of the molecule is O=C(Nc1cc(F)cc(F)c1)c1cc(-c2ccc(Cl)cc2)oc1C(F)(F)F. The Morgan fingerprint density at radius 2 is 1.56 bits per heavy atom. The minimum absolute atomic E-state index is 0.213. The summed E-state index contributed by atoms with van der Waals surface area (Å²) in [5, 5.41) is 2.39. The zero-order chi connectivity index (χ0) is 19.8. The average Bonchev–Trinajstić information content (AvgIpc) is 3.00. The molecule has 0 unspecified atom stereocenters. The monoisotopic (exact) mass is 401 g/mol. The van der Waals surface area contributed by atoms with Gasteiger partial charge in [0.2, 0.25) is 5.76 Å². The van der Waals surface area contributed by atoms with E-state index in [1.165, 1.54) is 24.3 Å². The molecular formula is C18H9ClF5NO2. The molecule has 0 saturated heterocycles. The van der Waals surface area contributed by atoms with Gasteiger partial charge in [-0.2, -0.15) is 13.2 Å². The molecule has 0 atom stereocenters. The van der Waals surface area contributed by atoms with Crippen molar-refractivity contribution >= 4 is 23.2 Å². The number of carbonyl (C=O) groups excluding carboxylic acids is 1. The van der Waals surface area contributed by atoms with Crippen LogP contribution in [-0.4, -0.2) is 5.91 Å². The van der Waals surface area contributed by atoms with Crippen LogP contribution in [0.4, 0.5) is 27.6 Å². The van der Waals surface area contributed by atoms with Gasteiger partial charge in [0.15, 0.2) is 0 Å². The molecule has 27 heavy (non-hydrogen) atoms. The van der Waals surface area contributed by atoms with Crippen LogP contribution >= 0.6 is 11.6 Å². The normalized spacial score (nSPS) is 11.5. The van der Waals surface area contributed by atoms with E-state index >= 15 is 0 Å². The lowest BCUT2D eigenvalue weighted by Gasteiger charge is -2.07. The van der Waals surface area contributed by atoms with Gasteiger partial charge in [-0.05, 0) is 42.5 Å². The number of nitrogens with one attached hydrogen (secondary N) is 1. The Labute approximate surface area is 154 Å². The lowest BCUT2D eigenvalue weighted by molar-refractivity contribution is -0.153. The molecule has 0 saturated carbocycles. The van der Waals surface area contributed by atoms with Crippen LogP contribution in [0.3, 0.4) is 0 Å². The van der Waals surface area contributed by atoms with E-state index in [-0.39, 0.29) is 17.0 Å². The summed E-state index contributed by atoms with van der Waals surface area (Å²) >= 11 is 5.74. The van der Waals surface area contributed by atoms with E-state index in [4.69, 9.17) is 16.0 Å². The van der Waals surface area contributed by atoms with Gasteiger partial charge in [-0.15, -0.1) is 0 Å². The van der Waals surface area contributed by atoms with Gasteiger partial charge in [-0.1, -0.05) is 11.6 Å². The van der Waals surface area contributed by atoms with Crippen molar-refractivity contribution in [3.05, 3.63) is 76.5 Å². The van der Waals surface area contributed by atoms with Gasteiger partial charge >= 0.3 is 6.18 Å². The molecule has 0 aliphatic heterocycles. The van der Waals surface area contributed by atoms with E-state index < -0.39 is 35.0 Å². The molecule has 1 amide bonds. The number of hydrogen-bond acceptors (Lipinski definition) is 2. The molecule has 140 valence electrons. The molecule has 2 aromatic carbocycles. The van der Waals surface area contributed by atoms with Crippen LogP contribution in [0.15, 0.2) is 52.9 Å². The Morgan fingerprint density at radius 1 is 0.963 bits per heavy atom. The third-order valence-corrected chi connectivity index (χ3v) is 3.74. The molecule has 3 nitrogen and oxygen atoms in total. The molecule has 1 heterocycles. The highest BCUT2D eigenvalue weighted by Gasteiger charge is 2.40. The zero-order valence-corrected chi connectivity index (χ0v) is 14.0. The summed E-state index contributed by atoms with van der Waals surface area (Å²) in [5.74, 6) is -4.95. The lowest BCUT2D eigenvalue weighted by Crippen LogP contribution is -2.17. The van der Waals surface area contributed by atoms with Gasteiger partial charge in [0.25, 0.3) is 5.91 Å². The molecule has 0 aliphatic rings. The molecule has 3 aromatic rings. The number of halogens is 6. The van der Waals surface area contributed by atoms with Crippen molar-refractivity contribution in [3.8, 4) is 11.3 Å². The summed E-state index contributed by atoms with van der Waals surface area (Å²) in [7, 11) is 0. The number of amides is 1. The minimum atomic E-state index is -4.95. The number of furan rings is 1.